The summed E-state index contributed by atoms with van der Waals surface area (Å²) < 4.78 is 5.37. The number of nitrogens with zero attached hydrogens (tertiary/aromatic N) is 1. The number of carbonyl (C=O) groups excluding carboxylic acids is 1. The van der Waals surface area contributed by atoms with Gasteiger partial charge in [-0.25, -0.2) is 0 Å². The van der Waals surface area contributed by atoms with Gasteiger partial charge in [0.25, 0.3) is 0 Å². The molecule has 1 N–H and O–H groups in total. The molecular weight excluding hydrogens is 192 g/mol. The quantitative estimate of drug-likeness (QED) is 0.712. The van der Waals surface area contributed by atoms with Gasteiger partial charge in [-0.15, -0.1) is 0 Å². The van der Waals surface area contributed by atoms with Crippen LogP contribution >= 0.6 is 0 Å². The van der Waals surface area contributed by atoms with Crippen LogP contribution in [0, 0.1) is 5.92 Å². The van der Waals surface area contributed by atoms with Gasteiger partial charge in [0.2, 0.25) is 5.91 Å². The summed E-state index contributed by atoms with van der Waals surface area (Å²) in [5.41, 5.74) is 0. The van der Waals surface area contributed by atoms with Gasteiger partial charge >= 0.3 is 0 Å². The summed E-state index contributed by atoms with van der Waals surface area (Å²) >= 11 is 0. The Hall–Kier alpha value is -0.610. The summed E-state index contributed by atoms with van der Waals surface area (Å²) in [4.78, 5) is 14.2. The molecule has 4 nitrogen and oxygen atoms in total. The molecule has 0 aromatic carbocycles. The first-order valence-corrected chi connectivity index (χ1v) is 5.85. The Labute approximate surface area is 91.0 Å². The highest BCUT2D eigenvalue weighted by Gasteiger charge is 2.35. The Morgan fingerprint density at radius 3 is 2.73 bits per heavy atom. The van der Waals surface area contributed by atoms with Gasteiger partial charge in [0.15, 0.2) is 0 Å². The van der Waals surface area contributed by atoms with Gasteiger partial charge in [0.05, 0.1) is 12.0 Å². The highest BCUT2D eigenvalue weighted by atomic mass is 16.5. The summed E-state index contributed by atoms with van der Waals surface area (Å²) in [5, 5.41) is 3.26. The number of carbonyl (C=O) groups is 1. The molecule has 4 heteroatoms. The zero-order valence-corrected chi connectivity index (χ0v) is 9.37. The molecule has 1 amide bonds. The maximum absolute atomic E-state index is 12.2. The maximum atomic E-state index is 12.2. The summed E-state index contributed by atoms with van der Waals surface area (Å²) in [6.45, 7) is 3.56. The van der Waals surface area contributed by atoms with Crippen molar-refractivity contribution < 1.29 is 9.53 Å². The second-order valence-electron chi connectivity index (χ2n) is 4.39. The van der Waals surface area contributed by atoms with Crippen molar-refractivity contribution in [2.75, 3.05) is 33.3 Å². The van der Waals surface area contributed by atoms with E-state index in [4.69, 9.17) is 4.74 Å². The van der Waals surface area contributed by atoms with E-state index in [1.165, 1.54) is 0 Å². The number of ether oxygens (including phenoxy) is 1. The van der Waals surface area contributed by atoms with Crippen molar-refractivity contribution in [3.8, 4) is 0 Å². The highest BCUT2D eigenvalue weighted by molar-refractivity contribution is 5.79. The van der Waals surface area contributed by atoms with Gasteiger partial charge in [-0.1, -0.05) is 0 Å². The fraction of sp³-hybridized carbons (Fsp3) is 0.909. The van der Waals surface area contributed by atoms with Crippen molar-refractivity contribution in [1.29, 1.82) is 0 Å². The van der Waals surface area contributed by atoms with Crippen molar-refractivity contribution in [3.05, 3.63) is 0 Å². The third kappa shape index (κ3) is 2.32. The topological polar surface area (TPSA) is 41.6 Å². The summed E-state index contributed by atoms with van der Waals surface area (Å²) in [5.74, 6) is 0.425. The molecular formula is C11H20N2O2. The summed E-state index contributed by atoms with van der Waals surface area (Å²) in [7, 11) is 1.72. The normalized spacial score (nSPS) is 31.9. The standard InChI is InChI=1S/C11H20N2O2/c1-15-10-4-2-3-9(10)11(14)13-7-5-12-6-8-13/h9-10,12H,2-8H2,1H3. The molecule has 1 heterocycles. The minimum absolute atomic E-state index is 0.119. The molecule has 2 fully saturated rings. The number of hydrogen-bond donors (Lipinski definition) is 1. The minimum atomic E-state index is 0.119. The van der Waals surface area contributed by atoms with Crippen molar-refractivity contribution in [1.82, 2.24) is 10.2 Å². The summed E-state index contributed by atoms with van der Waals surface area (Å²) in [6.07, 6.45) is 3.33. The first kappa shape index (κ1) is 10.9. The van der Waals surface area contributed by atoms with Crippen LogP contribution in [0.3, 0.4) is 0 Å². The SMILES string of the molecule is COC1CCCC1C(=O)N1CCNCC1. The van der Waals surface area contributed by atoms with Crippen LogP contribution in [0.1, 0.15) is 19.3 Å². The van der Waals surface area contributed by atoms with Gasteiger partial charge in [0, 0.05) is 33.3 Å². The van der Waals surface area contributed by atoms with Crippen LogP contribution < -0.4 is 5.32 Å². The molecule has 1 aliphatic carbocycles. The predicted molar refractivity (Wildman–Crippen MR) is 57.6 cm³/mol. The van der Waals surface area contributed by atoms with Crippen molar-refractivity contribution in [2.45, 2.75) is 25.4 Å². The molecule has 2 atom stereocenters. The van der Waals surface area contributed by atoms with E-state index in [0.717, 1.165) is 45.4 Å². The molecule has 15 heavy (non-hydrogen) atoms. The Bertz CT molecular complexity index is 227. The lowest BCUT2D eigenvalue weighted by atomic mass is 10.0. The maximum Gasteiger partial charge on any atom is 0.228 e. The van der Waals surface area contributed by atoms with E-state index in [1.807, 2.05) is 4.90 Å². The third-order valence-electron chi connectivity index (χ3n) is 3.50. The zero-order valence-electron chi connectivity index (χ0n) is 9.37. The molecule has 0 aromatic heterocycles. The second-order valence-corrected chi connectivity index (χ2v) is 4.39. The molecule has 1 aliphatic heterocycles. The fourth-order valence-corrected chi connectivity index (χ4v) is 2.61. The Morgan fingerprint density at radius 1 is 1.33 bits per heavy atom. The van der Waals surface area contributed by atoms with Crippen molar-refractivity contribution >= 4 is 5.91 Å². The molecule has 0 bridgehead atoms. The number of amides is 1. The smallest absolute Gasteiger partial charge is 0.228 e. The fourth-order valence-electron chi connectivity index (χ4n) is 2.61. The van der Waals surface area contributed by atoms with Crippen LogP contribution in [0.15, 0.2) is 0 Å². The van der Waals surface area contributed by atoms with Gasteiger partial charge in [-0.05, 0) is 19.3 Å². The van der Waals surface area contributed by atoms with E-state index in [2.05, 4.69) is 5.32 Å². The molecule has 1 saturated carbocycles. The van der Waals surface area contributed by atoms with E-state index in [0.29, 0.717) is 5.91 Å². The van der Waals surface area contributed by atoms with Gasteiger partial charge in [-0.3, -0.25) is 4.79 Å². The average molecular weight is 212 g/mol. The molecule has 1 saturated heterocycles. The Balaban J connectivity index is 1.93. The van der Waals surface area contributed by atoms with E-state index in [9.17, 15) is 4.79 Å². The van der Waals surface area contributed by atoms with Crippen molar-refractivity contribution in [3.63, 3.8) is 0 Å². The zero-order chi connectivity index (χ0) is 10.7. The van der Waals surface area contributed by atoms with E-state index >= 15 is 0 Å². The predicted octanol–water partition coefficient (Wildman–Crippen LogP) is 0.233. The van der Waals surface area contributed by atoms with E-state index in [-0.39, 0.29) is 12.0 Å². The molecule has 0 spiro atoms. The third-order valence-corrected chi connectivity index (χ3v) is 3.50. The molecule has 0 radical (unpaired) electrons. The number of methoxy groups -OCH3 is 1. The van der Waals surface area contributed by atoms with Gasteiger partial charge < -0.3 is 15.0 Å². The van der Waals surface area contributed by atoms with Gasteiger partial charge in [-0.2, -0.15) is 0 Å². The van der Waals surface area contributed by atoms with Crippen LogP contribution in [0.25, 0.3) is 0 Å². The molecule has 86 valence electrons. The van der Waals surface area contributed by atoms with Crippen LogP contribution in [0.2, 0.25) is 0 Å². The molecule has 2 unspecified atom stereocenters. The molecule has 2 aliphatic rings. The monoisotopic (exact) mass is 212 g/mol. The van der Waals surface area contributed by atoms with E-state index in [1.54, 1.807) is 7.11 Å². The highest BCUT2D eigenvalue weighted by Crippen LogP contribution is 2.29. The van der Waals surface area contributed by atoms with Crippen LogP contribution in [0.5, 0.6) is 0 Å². The lowest BCUT2D eigenvalue weighted by Gasteiger charge is -2.31. The largest absolute Gasteiger partial charge is 0.381 e. The van der Waals surface area contributed by atoms with Crippen LogP contribution in [0.4, 0.5) is 0 Å². The second kappa shape index (κ2) is 4.94. The first-order chi connectivity index (χ1) is 7.33. The Kier molecular flexibility index (Phi) is 3.59. The lowest BCUT2D eigenvalue weighted by Crippen LogP contribution is -2.49. The van der Waals surface area contributed by atoms with Crippen LogP contribution in [-0.2, 0) is 9.53 Å². The number of rotatable bonds is 2. The molecule has 2 rings (SSSR count). The Morgan fingerprint density at radius 2 is 2.07 bits per heavy atom. The average Bonchev–Trinajstić information content (AvgIpc) is 2.77. The summed E-state index contributed by atoms with van der Waals surface area (Å²) in [6, 6.07) is 0. The van der Waals surface area contributed by atoms with Crippen molar-refractivity contribution in [2.24, 2.45) is 5.92 Å². The minimum Gasteiger partial charge on any atom is -0.381 e. The number of hydrogen-bond acceptors (Lipinski definition) is 3. The van der Waals surface area contributed by atoms with Crippen LogP contribution in [-0.4, -0.2) is 50.2 Å². The number of piperazine rings is 1. The lowest BCUT2D eigenvalue weighted by molar-refractivity contribution is -0.139. The molecule has 0 aromatic rings. The first-order valence-electron chi connectivity index (χ1n) is 5.85. The van der Waals surface area contributed by atoms with E-state index < -0.39 is 0 Å². The van der Waals surface area contributed by atoms with Gasteiger partial charge in [0.1, 0.15) is 0 Å². The number of nitrogens with one attached hydrogen (secondary N) is 1.